The van der Waals surface area contributed by atoms with Crippen LogP contribution in [0.4, 0.5) is 0 Å². The zero-order chi connectivity index (χ0) is 11.4. The van der Waals surface area contributed by atoms with Gasteiger partial charge >= 0.3 is 0 Å². The first-order chi connectivity index (χ1) is 7.04. The van der Waals surface area contributed by atoms with Crippen LogP contribution in [0, 0.1) is 6.92 Å². The summed E-state index contributed by atoms with van der Waals surface area (Å²) in [6, 6.07) is 5.85. The molecule has 0 atom stereocenters. The summed E-state index contributed by atoms with van der Waals surface area (Å²) in [5.74, 6) is 6.12. The van der Waals surface area contributed by atoms with Crippen molar-refractivity contribution in [1.29, 1.82) is 0 Å². The second kappa shape index (κ2) is 5.14. The van der Waals surface area contributed by atoms with E-state index < -0.39 is 0 Å². The highest BCUT2D eigenvalue weighted by Crippen LogP contribution is 2.15. The first kappa shape index (κ1) is 12.0. The van der Waals surface area contributed by atoms with Gasteiger partial charge in [-0.05, 0) is 38.5 Å². The standard InChI is InChI=1S/C11H16ClN3/c1-7(2)14-11(15-13)10-6-9(12)5-4-8(10)3/h4-7H,13H2,1-3H3,(H,14,15). The Bertz CT molecular complexity index is 372. The van der Waals surface area contributed by atoms with Crippen LogP contribution >= 0.6 is 11.6 Å². The molecule has 3 N–H and O–H groups in total. The zero-order valence-electron chi connectivity index (χ0n) is 9.21. The minimum Gasteiger partial charge on any atom is -0.308 e. The molecule has 4 heteroatoms. The molecule has 3 nitrogen and oxygen atoms in total. The van der Waals surface area contributed by atoms with E-state index in [1.165, 1.54) is 0 Å². The van der Waals surface area contributed by atoms with E-state index in [9.17, 15) is 0 Å². The highest BCUT2D eigenvalue weighted by Gasteiger charge is 2.06. The number of halogens is 1. The van der Waals surface area contributed by atoms with E-state index in [0.29, 0.717) is 10.9 Å². The fraction of sp³-hybridized carbons (Fsp3) is 0.364. The van der Waals surface area contributed by atoms with Gasteiger partial charge in [0.2, 0.25) is 0 Å². The third kappa shape index (κ3) is 3.22. The topological polar surface area (TPSA) is 50.4 Å². The predicted molar refractivity (Wildman–Crippen MR) is 65.2 cm³/mol. The maximum absolute atomic E-state index is 5.93. The number of rotatable bonds is 2. The Morgan fingerprint density at radius 3 is 2.67 bits per heavy atom. The molecule has 0 heterocycles. The number of amidine groups is 1. The number of aliphatic imine (C=N–C) groups is 1. The second-order valence-electron chi connectivity index (χ2n) is 3.68. The van der Waals surface area contributed by atoms with Gasteiger partial charge in [0.25, 0.3) is 0 Å². The number of benzene rings is 1. The third-order valence-electron chi connectivity index (χ3n) is 1.98. The summed E-state index contributed by atoms with van der Waals surface area (Å²) in [6.45, 7) is 5.99. The average molecular weight is 226 g/mol. The van der Waals surface area contributed by atoms with Gasteiger partial charge in [0.15, 0.2) is 0 Å². The largest absolute Gasteiger partial charge is 0.308 e. The quantitative estimate of drug-likeness (QED) is 0.351. The number of nitrogens with zero attached hydrogens (tertiary/aromatic N) is 1. The molecule has 15 heavy (non-hydrogen) atoms. The molecule has 0 aliphatic rings. The van der Waals surface area contributed by atoms with Crippen LogP contribution in [0.1, 0.15) is 25.0 Å². The van der Waals surface area contributed by atoms with Crippen LogP contribution in [0.3, 0.4) is 0 Å². The molecule has 1 rings (SSSR count). The molecule has 0 saturated heterocycles. The summed E-state index contributed by atoms with van der Waals surface area (Å²) in [4.78, 5) is 4.39. The molecular weight excluding hydrogens is 210 g/mol. The van der Waals surface area contributed by atoms with E-state index in [1.807, 2.05) is 39.0 Å². The molecule has 0 bridgehead atoms. The molecule has 82 valence electrons. The molecule has 0 aliphatic heterocycles. The maximum atomic E-state index is 5.93. The van der Waals surface area contributed by atoms with Gasteiger partial charge in [-0.1, -0.05) is 17.7 Å². The molecular formula is C11H16ClN3. The fourth-order valence-electron chi connectivity index (χ4n) is 1.29. The molecule has 1 aromatic rings. The molecule has 0 saturated carbocycles. The van der Waals surface area contributed by atoms with E-state index in [-0.39, 0.29) is 6.04 Å². The van der Waals surface area contributed by atoms with Crippen LogP contribution in [-0.4, -0.2) is 11.9 Å². The van der Waals surface area contributed by atoms with Gasteiger partial charge in [0, 0.05) is 16.6 Å². The first-order valence-electron chi connectivity index (χ1n) is 4.85. The van der Waals surface area contributed by atoms with E-state index in [0.717, 1.165) is 11.1 Å². The predicted octanol–water partition coefficient (Wildman–Crippen LogP) is 2.27. The Balaban J connectivity index is 3.17. The number of hydrogen-bond donors (Lipinski definition) is 2. The van der Waals surface area contributed by atoms with E-state index in [2.05, 4.69) is 10.4 Å². The molecule has 0 fully saturated rings. The molecule has 0 radical (unpaired) electrons. The summed E-state index contributed by atoms with van der Waals surface area (Å²) in [5.41, 5.74) is 4.65. The lowest BCUT2D eigenvalue weighted by Gasteiger charge is -2.10. The number of hydrazine groups is 1. The lowest BCUT2D eigenvalue weighted by Crippen LogP contribution is -2.32. The van der Waals surface area contributed by atoms with Crippen LogP contribution in [-0.2, 0) is 0 Å². The van der Waals surface area contributed by atoms with Gasteiger partial charge in [-0.15, -0.1) is 0 Å². The molecule has 0 aliphatic carbocycles. The van der Waals surface area contributed by atoms with Gasteiger partial charge in [-0.3, -0.25) is 4.99 Å². The molecule has 0 amide bonds. The third-order valence-corrected chi connectivity index (χ3v) is 2.21. The smallest absolute Gasteiger partial charge is 0.143 e. The van der Waals surface area contributed by atoms with Crippen molar-refractivity contribution < 1.29 is 0 Å². The lowest BCUT2D eigenvalue weighted by atomic mass is 10.1. The lowest BCUT2D eigenvalue weighted by molar-refractivity contribution is 0.820. The van der Waals surface area contributed by atoms with Crippen LogP contribution in [0.5, 0.6) is 0 Å². The number of hydrogen-bond acceptors (Lipinski definition) is 2. The number of nitrogens with one attached hydrogen (secondary N) is 1. The first-order valence-corrected chi connectivity index (χ1v) is 5.23. The van der Waals surface area contributed by atoms with Crippen LogP contribution < -0.4 is 11.3 Å². The minimum absolute atomic E-state index is 0.189. The molecule has 1 aromatic carbocycles. The Kier molecular flexibility index (Phi) is 4.12. The van der Waals surface area contributed by atoms with Crippen molar-refractivity contribution in [2.75, 3.05) is 0 Å². The van der Waals surface area contributed by atoms with Gasteiger partial charge in [-0.2, -0.15) is 0 Å². The monoisotopic (exact) mass is 225 g/mol. The fourth-order valence-corrected chi connectivity index (χ4v) is 1.46. The zero-order valence-corrected chi connectivity index (χ0v) is 9.97. The highest BCUT2D eigenvalue weighted by atomic mass is 35.5. The SMILES string of the molecule is Cc1ccc(Cl)cc1C(=NC(C)C)NN. The van der Waals surface area contributed by atoms with Crippen molar-refractivity contribution in [3.8, 4) is 0 Å². The average Bonchev–Trinajstić information content (AvgIpc) is 2.18. The molecule has 0 unspecified atom stereocenters. The van der Waals surface area contributed by atoms with Crippen molar-refractivity contribution in [1.82, 2.24) is 5.43 Å². The van der Waals surface area contributed by atoms with Crippen molar-refractivity contribution in [3.05, 3.63) is 34.3 Å². The summed E-state index contributed by atoms with van der Waals surface area (Å²) < 4.78 is 0. The maximum Gasteiger partial charge on any atom is 0.143 e. The molecule has 0 spiro atoms. The highest BCUT2D eigenvalue weighted by molar-refractivity contribution is 6.31. The summed E-state index contributed by atoms with van der Waals surface area (Å²) in [7, 11) is 0. The Morgan fingerprint density at radius 2 is 2.13 bits per heavy atom. The van der Waals surface area contributed by atoms with Gasteiger partial charge in [0.05, 0.1) is 0 Å². The normalized spacial score (nSPS) is 12.0. The number of nitrogens with two attached hydrogens (primary N) is 1. The van der Waals surface area contributed by atoms with Crippen molar-refractivity contribution in [2.24, 2.45) is 10.8 Å². The van der Waals surface area contributed by atoms with Gasteiger partial charge < -0.3 is 5.43 Å². The van der Waals surface area contributed by atoms with Crippen molar-refractivity contribution >= 4 is 17.4 Å². The van der Waals surface area contributed by atoms with Crippen molar-refractivity contribution in [2.45, 2.75) is 26.8 Å². The molecule has 0 aromatic heterocycles. The van der Waals surface area contributed by atoms with E-state index in [1.54, 1.807) is 0 Å². The van der Waals surface area contributed by atoms with Crippen LogP contribution in [0.25, 0.3) is 0 Å². The van der Waals surface area contributed by atoms with E-state index in [4.69, 9.17) is 17.4 Å². The Hall–Kier alpha value is -1.06. The van der Waals surface area contributed by atoms with E-state index >= 15 is 0 Å². The summed E-state index contributed by atoms with van der Waals surface area (Å²) in [6.07, 6.45) is 0. The van der Waals surface area contributed by atoms with Gasteiger partial charge in [-0.25, -0.2) is 5.84 Å². The Labute approximate surface area is 95.3 Å². The number of aryl methyl sites for hydroxylation is 1. The second-order valence-corrected chi connectivity index (χ2v) is 4.11. The van der Waals surface area contributed by atoms with Crippen LogP contribution in [0.2, 0.25) is 5.02 Å². The summed E-state index contributed by atoms with van der Waals surface area (Å²) in [5, 5.41) is 0.683. The van der Waals surface area contributed by atoms with Gasteiger partial charge in [0.1, 0.15) is 5.84 Å². The van der Waals surface area contributed by atoms with Crippen molar-refractivity contribution in [3.63, 3.8) is 0 Å². The van der Waals surface area contributed by atoms with Crippen LogP contribution in [0.15, 0.2) is 23.2 Å². The Morgan fingerprint density at radius 1 is 1.47 bits per heavy atom. The minimum atomic E-state index is 0.189. The summed E-state index contributed by atoms with van der Waals surface area (Å²) >= 11 is 5.93.